The summed E-state index contributed by atoms with van der Waals surface area (Å²) in [6, 6.07) is 0. The molecule has 1 saturated heterocycles. The topological polar surface area (TPSA) is 44.8 Å². The fraction of sp³-hybridized carbons (Fsp3) is 0.769. The molecule has 4 nitrogen and oxygen atoms in total. The quantitative estimate of drug-likeness (QED) is 0.426. The highest BCUT2D eigenvalue weighted by atomic mass is 16.8. The minimum Gasteiger partial charge on any atom is -0.438 e. The van der Waals surface area contributed by atoms with Gasteiger partial charge in [0, 0.05) is 13.0 Å². The maximum absolute atomic E-state index is 11.8. The highest BCUT2D eigenvalue weighted by Gasteiger charge is 2.40. The van der Waals surface area contributed by atoms with Gasteiger partial charge in [-0.2, -0.15) is 0 Å². The van der Waals surface area contributed by atoms with Gasteiger partial charge < -0.3 is 14.2 Å². The Morgan fingerprint density at radius 3 is 2.94 bits per heavy atom. The summed E-state index contributed by atoms with van der Waals surface area (Å²) in [6.45, 7) is 0.775. The van der Waals surface area contributed by atoms with Crippen molar-refractivity contribution >= 4 is 5.97 Å². The van der Waals surface area contributed by atoms with Crippen molar-refractivity contribution in [2.24, 2.45) is 17.8 Å². The predicted octanol–water partition coefficient (Wildman–Crippen LogP) is 1.85. The van der Waals surface area contributed by atoms with Gasteiger partial charge in [-0.25, -0.2) is 0 Å². The van der Waals surface area contributed by atoms with E-state index < -0.39 is 0 Å². The lowest BCUT2D eigenvalue weighted by molar-refractivity contribution is -0.190. The van der Waals surface area contributed by atoms with Crippen LogP contribution in [0.15, 0.2) is 12.2 Å². The summed E-state index contributed by atoms with van der Waals surface area (Å²) in [5.74, 6) is 0.935. The van der Waals surface area contributed by atoms with E-state index in [-0.39, 0.29) is 25.0 Å². The van der Waals surface area contributed by atoms with Crippen LogP contribution in [0.1, 0.15) is 25.7 Å². The van der Waals surface area contributed by atoms with Crippen LogP contribution >= 0.6 is 0 Å². The third-order valence-corrected chi connectivity index (χ3v) is 3.92. The van der Waals surface area contributed by atoms with E-state index in [1.165, 1.54) is 0 Å². The van der Waals surface area contributed by atoms with Crippen molar-refractivity contribution < 1.29 is 19.0 Å². The second-order valence-corrected chi connectivity index (χ2v) is 5.08. The second kappa shape index (κ2) is 4.78. The Morgan fingerprint density at radius 2 is 2.29 bits per heavy atom. The van der Waals surface area contributed by atoms with E-state index in [1.54, 1.807) is 0 Å². The lowest BCUT2D eigenvalue weighted by Gasteiger charge is -2.17. The van der Waals surface area contributed by atoms with E-state index in [0.717, 1.165) is 32.3 Å². The van der Waals surface area contributed by atoms with Gasteiger partial charge in [-0.3, -0.25) is 4.79 Å². The van der Waals surface area contributed by atoms with Crippen molar-refractivity contribution in [1.82, 2.24) is 0 Å². The minimum atomic E-state index is -0.178. The van der Waals surface area contributed by atoms with Crippen LogP contribution in [0.25, 0.3) is 0 Å². The van der Waals surface area contributed by atoms with E-state index in [2.05, 4.69) is 12.2 Å². The van der Waals surface area contributed by atoms with Gasteiger partial charge in [-0.15, -0.1) is 0 Å². The number of hydrogen-bond donors (Lipinski definition) is 0. The highest BCUT2D eigenvalue weighted by Crippen LogP contribution is 2.43. The fourth-order valence-corrected chi connectivity index (χ4v) is 3.01. The SMILES string of the molecule is O=C(OCOC1CCCO1)C1CC2C=CC1C2. The zero-order valence-corrected chi connectivity index (χ0v) is 9.84. The van der Waals surface area contributed by atoms with Gasteiger partial charge in [0.2, 0.25) is 0 Å². The summed E-state index contributed by atoms with van der Waals surface area (Å²) in [6.07, 6.45) is 8.18. The average Bonchev–Trinajstić information content (AvgIpc) is 3.05. The number of esters is 1. The van der Waals surface area contributed by atoms with Crippen LogP contribution < -0.4 is 0 Å². The Balaban J connectivity index is 1.40. The van der Waals surface area contributed by atoms with E-state index >= 15 is 0 Å². The summed E-state index contributed by atoms with van der Waals surface area (Å²) in [4.78, 5) is 11.8. The van der Waals surface area contributed by atoms with Crippen LogP contribution in [-0.4, -0.2) is 25.7 Å². The summed E-state index contributed by atoms with van der Waals surface area (Å²) < 4.78 is 15.8. The number of allylic oxidation sites excluding steroid dienone is 2. The molecule has 3 rings (SSSR count). The molecule has 0 N–H and O–H groups in total. The van der Waals surface area contributed by atoms with Gasteiger partial charge in [0.05, 0.1) is 5.92 Å². The minimum absolute atomic E-state index is 0.0289. The molecule has 1 heterocycles. The molecule has 0 aromatic rings. The molecule has 0 aromatic carbocycles. The van der Waals surface area contributed by atoms with Crippen molar-refractivity contribution in [3.05, 3.63) is 12.2 Å². The third-order valence-electron chi connectivity index (χ3n) is 3.92. The van der Waals surface area contributed by atoms with Crippen molar-refractivity contribution in [2.45, 2.75) is 32.0 Å². The Hall–Kier alpha value is -0.870. The molecule has 4 unspecified atom stereocenters. The maximum atomic E-state index is 11.8. The number of carbonyl (C=O) groups excluding carboxylic acids is 1. The molecule has 3 aliphatic rings. The molecule has 1 aliphatic heterocycles. The Labute approximate surface area is 101 Å². The first-order valence-electron chi connectivity index (χ1n) is 6.41. The largest absolute Gasteiger partial charge is 0.438 e. The van der Waals surface area contributed by atoms with Crippen molar-refractivity contribution in [3.63, 3.8) is 0 Å². The highest BCUT2D eigenvalue weighted by molar-refractivity contribution is 5.74. The number of fused-ring (bicyclic) bond motifs is 2. The molecule has 94 valence electrons. The van der Waals surface area contributed by atoms with E-state index in [0.29, 0.717) is 11.8 Å². The lowest BCUT2D eigenvalue weighted by atomic mass is 9.94. The Morgan fingerprint density at radius 1 is 1.35 bits per heavy atom. The Kier molecular flexibility index (Phi) is 3.16. The molecule has 17 heavy (non-hydrogen) atoms. The summed E-state index contributed by atoms with van der Waals surface area (Å²) >= 11 is 0. The molecule has 0 aromatic heterocycles. The monoisotopic (exact) mass is 238 g/mol. The molecular formula is C13H18O4. The molecular weight excluding hydrogens is 220 g/mol. The summed E-state index contributed by atoms with van der Waals surface area (Å²) in [5.41, 5.74) is 0. The van der Waals surface area contributed by atoms with E-state index in [1.807, 2.05) is 0 Å². The van der Waals surface area contributed by atoms with Gasteiger partial charge in [0.15, 0.2) is 13.1 Å². The first kappa shape index (κ1) is 11.2. The van der Waals surface area contributed by atoms with Crippen molar-refractivity contribution in [3.8, 4) is 0 Å². The molecule has 2 fully saturated rings. The zero-order chi connectivity index (χ0) is 11.7. The second-order valence-electron chi connectivity index (χ2n) is 5.08. The van der Waals surface area contributed by atoms with Crippen LogP contribution in [0.3, 0.4) is 0 Å². The number of carbonyl (C=O) groups is 1. The lowest BCUT2D eigenvalue weighted by Crippen LogP contribution is -2.24. The van der Waals surface area contributed by atoms with Crippen LogP contribution in [0.5, 0.6) is 0 Å². The van der Waals surface area contributed by atoms with Gasteiger partial charge >= 0.3 is 5.97 Å². The van der Waals surface area contributed by atoms with Gasteiger partial charge in [-0.05, 0) is 31.1 Å². The Bertz CT molecular complexity index is 319. The van der Waals surface area contributed by atoms with E-state index in [9.17, 15) is 4.79 Å². The number of hydrogen-bond acceptors (Lipinski definition) is 4. The number of rotatable bonds is 4. The van der Waals surface area contributed by atoms with E-state index in [4.69, 9.17) is 14.2 Å². The third kappa shape index (κ3) is 2.38. The molecule has 4 heteroatoms. The maximum Gasteiger partial charge on any atom is 0.311 e. The van der Waals surface area contributed by atoms with Crippen molar-refractivity contribution in [2.75, 3.05) is 13.4 Å². The van der Waals surface area contributed by atoms with Crippen LogP contribution in [0, 0.1) is 17.8 Å². The molecule has 2 aliphatic carbocycles. The predicted molar refractivity (Wildman–Crippen MR) is 59.9 cm³/mol. The van der Waals surface area contributed by atoms with Gasteiger partial charge in [0.25, 0.3) is 0 Å². The summed E-state index contributed by atoms with van der Waals surface area (Å²) in [7, 11) is 0. The van der Waals surface area contributed by atoms with Gasteiger partial charge in [-0.1, -0.05) is 12.2 Å². The normalized spacial score (nSPS) is 38.8. The standard InChI is InChI=1S/C13H18O4/c14-13(11-7-9-3-4-10(11)6-9)17-8-16-12-2-1-5-15-12/h3-4,9-12H,1-2,5-8H2. The van der Waals surface area contributed by atoms with Crippen LogP contribution in [-0.2, 0) is 19.0 Å². The molecule has 4 atom stereocenters. The van der Waals surface area contributed by atoms with Crippen LogP contribution in [0.4, 0.5) is 0 Å². The molecule has 0 radical (unpaired) electrons. The zero-order valence-electron chi connectivity index (χ0n) is 9.84. The molecule has 2 bridgehead atoms. The first-order chi connectivity index (χ1) is 8.33. The first-order valence-corrected chi connectivity index (χ1v) is 6.41. The van der Waals surface area contributed by atoms with Crippen molar-refractivity contribution in [1.29, 1.82) is 0 Å². The average molecular weight is 238 g/mol. The van der Waals surface area contributed by atoms with Gasteiger partial charge in [0.1, 0.15) is 0 Å². The molecule has 0 amide bonds. The number of ether oxygens (including phenoxy) is 3. The van der Waals surface area contributed by atoms with Crippen LogP contribution in [0.2, 0.25) is 0 Å². The smallest absolute Gasteiger partial charge is 0.311 e. The summed E-state index contributed by atoms with van der Waals surface area (Å²) in [5, 5.41) is 0. The molecule has 1 saturated carbocycles. The fourth-order valence-electron chi connectivity index (χ4n) is 3.01. The molecule has 0 spiro atoms.